The van der Waals surface area contributed by atoms with Crippen LogP contribution in [0.15, 0.2) is 22.6 Å². The number of benzene rings is 1. The van der Waals surface area contributed by atoms with E-state index in [1.165, 1.54) is 0 Å². The van der Waals surface area contributed by atoms with E-state index < -0.39 is 31.4 Å². The summed E-state index contributed by atoms with van der Waals surface area (Å²) in [6.07, 6.45) is 2.82. The van der Waals surface area contributed by atoms with Gasteiger partial charge in [-0.1, -0.05) is 6.07 Å². The molecule has 0 aromatic heterocycles. The molecule has 1 saturated heterocycles. The SMILES string of the molecule is CC(C)(C)OC(=O)N1CCC2(CC1)Cc1ccc(NS(C)(=O)=O)cc1C2=N[S@](=O)C(C)(C)C. The van der Waals surface area contributed by atoms with Crippen LogP contribution in [0.4, 0.5) is 10.5 Å². The number of amides is 1. The molecule has 8 nitrogen and oxygen atoms in total. The molecule has 3 rings (SSSR count). The van der Waals surface area contributed by atoms with Gasteiger partial charge in [-0.3, -0.25) is 4.72 Å². The predicted molar refractivity (Wildman–Crippen MR) is 133 cm³/mol. The van der Waals surface area contributed by atoms with E-state index in [0.717, 1.165) is 23.1 Å². The maximum Gasteiger partial charge on any atom is 0.410 e. The van der Waals surface area contributed by atoms with E-state index in [0.29, 0.717) is 38.0 Å². The third-order valence-electron chi connectivity index (χ3n) is 5.77. The van der Waals surface area contributed by atoms with Crippen molar-refractivity contribution in [2.45, 2.75) is 71.2 Å². The monoisotopic (exact) mass is 497 g/mol. The molecule has 1 aliphatic carbocycles. The molecule has 1 heterocycles. The Morgan fingerprint density at radius 2 is 1.76 bits per heavy atom. The molecular weight excluding hydrogens is 462 g/mol. The molecule has 33 heavy (non-hydrogen) atoms. The van der Waals surface area contributed by atoms with E-state index >= 15 is 0 Å². The number of piperidine rings is 1. The Labute approximate surface area is 199 Å². The molecular formula is C23H35N3O5S2. The molecule has 0 radical (unpaired) electrons. The van der Waals surface area contributed by atoms with Crippen LogP contribution >= 0.6 is 0 Å². The van der Waals surface area contributed by atoms with Gasteiger partial charge in [-0.15, -0.1) is 0 Å². The summed E-state index contributed by atoms with van der Waals surface area (Å²) in [5.74, 6) is 0. The van der Waals surface area contributed by atoms with Crippen molar-refractivity contribution >= 4 is 38.5 Å². The summed E-state index contributed by atoms with van der Waals surface area (Å²) >= 11 is 0. The maximum atomic E-state index is 13.0. The molecule has 1 fully saturated rings. The van der Waals surface area contributed by atoms with Crippen molar-refractivity contribution in [2.75, 3.05) is 24.1 Å². The fourth-order valence-electron chi connectivity index (χ4n) is 4.19. The minimum Gasteiger partial charge on any atom is -0.444 e. The zero-order valence-corrected chi connectivity index (χ0v) is 22.2. The third kappa shape index (κ3) is 6.15. The molecule has 1 N–H and O–H groups in total. The van der Waals surface area contributed by atoms with Crippen LogP contribution in [0.5, 0.6) is 0 Å². The lowest BCUT2D eigenvalue weighted by molar-refractivity contribution is 0.0159. The van der Waals surface area contributed by atoms with Gasteiger partial charge in [-0.05, 0) is 78.5 Å². The minimum atomic E-state index is -3.43. The maximum absolute atomic E-state index is 13.0. The van der Waals surface area contributed by atoms with Crippen LogP contribution in [0, 0.1) is 5.41 Å². The van der Waals surface area contributed by atoms with Crippen molar-refractivity contribution in [1.82, 2.24) is 4.90 Å². The van der Waals surface area contributed by atoms with Crippen LogP contribution < -0.4 is 4.72 Å². The Kier molecular flexibility index (Phi) is 6.76. The number of sulfonamides is 1. The smallest absolute Gasteiger partial charge is 0.410 e. The number of fused-ring (bicyclic) bond motifs is 1. The molecule has 1 atom stereocenters. The highest BCUT2D eigenvalue weighted by molar-refractivity contribution is 7.92. The molecule has 184 valence electrons. The number of carbonyl (C=O) groups excluding carboxylic acids is 1. The average molecular weight is 498 g/mol. The third-order valence-corrected chi connectivity index (χ3v) is 7.77. The van der Waals surface area contributed by atoms with Crippen molar-refractivity contribution < 1.29 is 22.2 Å². The molecule has 1 spiro atoms. The van der Waals surface area contributed by atoms with E-state index in [9.17, 15) is 17.4 Å². The lowest BCUT2D eigenvalue weighted by Crippen LogP contribution is -2.47. The zero-order valence-electron chi connectivity index (χ0n) is 20.5. The first-order valence-electron chi connectivity index (χ1n) is 11.1. The summed E-state index contributed by atoms with van der Waals surface area (Å²) in [5.41, 5.74) is 2.15. The summed E-state index contributed by atoms with van der Waals surface area (Å²) in [7, 11) is -4.91. The number of ether oxygens (including phenoxy) is 1. The Morgan fingerprint density at radius 1 is 1.15 bits per heavy atom. The number of hydrogen-bond acceptors (Lipinski definition) is 5. The van der Waals surface area contributed by atoms with Gasteiger partial charge in [-0.25, -0.2) is 17.4 Å². The van der Waals surface area contributed by atoms with Gasteiger partial charge < -0.3 is 9.64 Å². The fourth-order valence-corrected chi connectivity index (χ4v) is 5.47. The quantitative estimate of drug-likeness (QED) is 0.682. The van der Waals surface area contributed by atoms with E-state index in [1.807, 2.05) is 47.6 Å². The van der Waals surface area contributed by atoms with Gasteiger partial charge in [0.2, 0.25) is 10.0 Å². The Hall–Kier alpha value is -1.94. The predicted octanol–water partition coefficient (Wildman–Crippen LogP) is 3.88. The van der Waals surface area contributed by atoms with Crippen LogP contribution in [0.2, 0.25) is 0 Å². The minimum absolute atomic E-state index is 0.329. The molecule has 1 aromatic rings. The van der Waals surface area contributed by atoms with Crippen molar-refractivity contribution in [3.05, 3.63) is 29.3 Å². The first-order chi connectivity index (χ1) is 15.0. The number of nitrogens with zero attached hydrogens (tertiary/aromatic N) is 2. The van der Waals surface area contributed by atoms with E-state index in [-0.39, 0.29) is 11.5 Å². The van der Waals surface area contributed by atoms with Gasteiger partial charge in [0.05, 0.1) is 16.7 Å². The summed E-state index contributed by atoms with van der Waals surface area (Å²) in [6, 6.07) is 5.44. The number of rotatable bonds is 3. The highest BCUT2D eigenvalue weighted by Crippen LogP contribution is 2.46. The summed E-state index contributed by atoms with van der Waals surface area (Å²) in [6.45, 7) is 12.2. The van der Waals surface area contributed by atoms with Gasteiger partial charge in [0.25, 0.3) is 0 Å². The standard InChI is InChI=1S/C23H35N3O5S2/c1-21(2,3)31-20(27)26-12-10-23(11-13-26)15-16-8-9-17(25-33(7,29)30)14-18(16)19(23)24-32(28)22(4,5)6/h8-9,14,25H,10-13,15H2,1-7H3/t32-/m1/s1. The Morgan fingerprint density at radius 3 is 2.27 bits per heavy atom. The number of anilines is 1. The molecule has 0 unspecified atom stereocenters. The van der Waals surface area contributed by atoms with Crippen molar-refractivity contribution in [3.63, 3.8) is 0 Å². The van der Waals surface area contributed by atoms with E-state index in [4.69, 9.17) is 9.13 Å². The number of carbonyl (C=O) groups is 1. The fraction of sp³-hybridized carbons (Fsp3) is 0.652. The summed E-state index contributed by atoms with van der Waals surface area (Å²) in [4.78, 5) is 14.3. The molecule has 0 bridgehead atoms. The molecule has 10 heteroatoms. The highest BCUT2D eigenvalue weighted by atomic mass is 32.2. The van der Waals surface area contributed by atoms with Crippen LogP contribution in [0.25, 0.3) is 0 Å². The van der Waals surface area contributed by atoms with Crippen molar-refractivity contribution in [1.29, 1.82) is 0 Å². The molecule has 1 aromatic carbocycles. The topological polar surface area (TPSA) is 105 Å². The van der Waals surface area contributed by atoms with Gasteiger partial charge in [0.1, 0.15) is 16.6 Å². The van der Waals surface area contributed by atoms with E-state index in [1.54, 1.807) is 17.0 Å². The van der Waals surface area contributed by atoms with Gasteiger partial charge in [-0.2, -0.15) is 4.40 Å². The Balaban J connectivity index is 1.95. The first-order valence-corrected chi connectivity index (χ1v) is 14.1. The van der Waals surface area contributed by atoms with Crippen LogP contribution in [-0.4, -0.2) is 59.0 Å². The van der Waals surface area contributed by atoms with Gasteiger partial charge >= 0.3 is 6.09 Å². The largest absolute Gasteiger partial charge is 0.444 e. The molecule has 2 aliphatic rings. The number of nitrogens with one attached hydrogen (secondary N) is 1. The number of likely N-dealkylation sites (tertiary alicyclic amines) is 1. The van der Waals surface area contributed by atoms with Gasteiger partial charge in [0, 0.05) is 29.8 Å². The lowest BCUT2D eigenvalue weighted by atomic mass is 9.74. The Bertz CT molecular complexity index is 1090. The van der Waals surface area contributed by atoms with Crippen molar-refractivity contribution in [2.24, 2.45) is 9.81 Å². The molecule has 0 saturated carbocycles. The molecule has 1 amide bonds. The highest BCUT2D eigenvalue weighted by Gasteiger charge is 2.47. The average Bonchev–Trinajstić information content (AvgIpc) is 2.91. The normalized spacial score (nSPS) is 20.6. The van der Waals surface area contributed by atoms with E-state index in [2.05, 4.69) is 4.72 Å². The van der Waals surface area contributed by atoms with Crippen LogP contribution in [0.3, 0.4) is 0 Å². The second-order valence-corrected chi connectivity index (χ2v) is 14.6. The second kappa shape index (κ2) is 8.69. The first kappa shape index (κ1) is 25.7. The van der Waals surface area contributed by atoms with Crippen LogP contribution in [0.1, 0.15) is 65.5 Å². The second-order valence-electron chi connectivity index (χ2n) is 11.0. The van der Waals surface area contributed by atoms with Crippen LogP contribution in [-0.2, 0) is 32.2 Å². The molecule has 1 aliphatic heterocycles. The van der Waals surface area contributed by atoms with Gasteiger partial charge in [0.15, 0.2) is 0 Å². The number of hydrogen-bond donors (Lipinski definition) is 1. The summed E-state index contributed by atoms with van der Waals surface area (Å²) in [5, 5.41) is 0. The van der Waals surface area contributed by atoms with Crippen molar-refractivity contribution in [3.8, 4) is 0 Å². The lowest BCUT2D eigenvalue weighted by Gasteiger charge is -2.40. The zero-order chi connectivity index (χ0) is 24.8. The summed E-state index contributed by atoms with van der Waals surface area (Å²) < 4.78 is 48.8.